The van der Waals surface area contributed by atoms with E-state index in [0.717, 1.165) is 23.9 Å². The Morgan fingerprint density at radius 1 is 1.08 bits per heavy atom. The van der Waals surface area contributed by atoms with Crippen molar-refractivity contribution in [1.29, 1.82) is 0 Å². The van der Waals surface area contributed by atoms with Gasteiger partial charge in [0.25, 0.3) is 5.71 Å². The van der Waals surface area contributed by atoms with Gasteiger partial charge in [0.15, 0.2) is 9.84 Å². The predicted octanol–water partition coefficient (Wildman–Crippen LogP) is 2.83. The second kappa shape index (κ2) is 5.87. The molecule has 0 N–H and O–H groups in total. The molecule has 1 saturated carbocycles. The lowest BCUT2D eigenvalue weighted by atomic mass is 10.0. The Balaban J connectivity index is 1.48. The summed E-state index contributed by atoms with van der Waals surface area (Å²) in [4.78, 5) is 4.33. The van der Waals surface area contributed by atoms with Gasteiger partial charge in [-0.3, -0.25) is 0 Å². The molecule has 0 spiro atoms. The lowest BCUT2D eigenvalue weighted by molar-refractivity contribution is 0.430. The van der Waals surface area contributed by atoms with Crippen LogP contribution in [0.2, 0.25) is 0 Å². The standard InChI is InChI=1S/C17H18N4O4S/c22-26(23)6-5-11(9-26)15-19-20-16(24-15)12-7-13-14(10-3-1-2-4-10)21-25-17(13)18-8-12/h7-8,10-11H,1-6,9H2/t11-/m0/s1. The van der Waals surface area contributed by atoms with E-state index in [1.807, 2.05) is 6.07 Å². The number of pyridine rings is 1. The number of nitrogens with zero attached hydrogens (tertiary/aromatic N) is 4. The third-order valence-electron chi connectivity index (χ3n) is 5.37. The molecular weight excluding hydrogens is 356 g/mol. The minimum Gasteiger partial charge on any atom is -0.420 e. The fraction of sp³-hybridized carbons (Fsp3) is 0.529. The van der Waals surface area contributed by atoms with Crippen LogP contribution in [0.5, 0.6) is 0 Å². The molecule has 3 aromatic rings. The Hall–Kier alpha value is -2.29. The molecule has 0 radical (unpaired) electrons. The third kappa shape index (κ3) is 2.70. The second-order valence-electron chi connectivity index (χ2n) is 7.17. The van der Waals surface area contributed by atoms with E-state index >= 15 is 0 Å². The summed E-state index contributed by atoms with van der Waals surface area (Å²) < 4.78 is 34.4. The highest BCUT2D eigenvalue weighted by atomic mass is 32.2. The van der Waals surface area contributed by atoms with Crippen LogP contribution in [-0.2, 0) is 9.84 Å². The van der Waals surface area contributed by atoms with Crippen LogP contribution in [0, 0.1) is 0 Å². The summed E-state index contributed by atoms with van der Waals surface area (Å²) in [6.45, 7) is 0. The van der Waals surface area contributed by atoms with E-state index in [2.05, 4.69) is 20.3 Å². The Morgan fingerprint density at radius 2 is 1.92 bits per heavy atom. The van der Waals surface area contributed by atoms with E-state index in [9.17, 15) is 8.42 Å². The maximum absolute atomic E-state index is 11.7. The van der Waals surface area contributed by atoms with Crippen LogP contribution in [0.1, 0.15) is 55.5 Å². The molecule has 1 aliphatic heterocycles. The Kier molecular flexibility index (Phi) is 3.59. The van der Waals surface area contributed by atoms with Gasteiger partial charge in [-0.15, -0.1) is 10.2 Å². The van der Waals surface area contributed by atoms with Crippen LogP contribution in [0.4, 0.5) is 0 Å². The van der Waals surface area contributed by atoms with Gasteiger partial charge in [0.2, 0.25) is 11.8 Å². The maximum atomic E-state index is 11.7. The molecule has 0 amide bonds. The number of sulfone groups is 1. The first-order valence-electron chi connectivity index (χ1n) is 8.88. The molecule has 136 valence electrons. The van der Waals surface area contributed by atoms with Crippen molar-refractivity contribution in [1.82, 2.24) is 20.3 Å². The number of hydrogen-bond donors (Lipinski definition) is 0. The number of rotatable bonds is 3. The molecule has 0 unspecified atom stereocenters. The molecule has 4 heterocycles. The van der Waals surface area contributed by atoms with Crippen LogP contribution in [-0.4, -0.2) is 40.3 Å². The first-order valence-corrected chi connectivity index (χ1v) is 10.7. The summed E-state index contributed by atoms with van der Waals surface area (Å²) in [5, 5.41) is 13.3. The Morgan fingerprint density at radius 3 is 2.69 bits per heavy atom. The number of aromatic nitrogens is 4. The zero-order chi connectivity index (χ0) is 17.7. The molecule has 8 nitrogen and oxygen atoms in total. The fourth-order valence-corrected chi connectivity index (χ4v) is 5.70. The van der Waals surface area contributed by atoms with Gasteiger partial charge in [0.1, 0.15) is 0 Å². The minimum atomic E-state index is -3.00. The number of hydrogen-bond acceptors (Lipinski definition) is 8. The van der Waals surface area contributed by atoms with E-state index in [0.29, 0.717) is 35.4 Å². The summed E-state index contributed by atoms with van der Waals surface area (Å²) >= 11 is 0. The highest BCUT2D eigenvalue weighted by Crippen LogP contribution is 2.37. The zero-order valence-electron chi connectivity index (χ0n) is 14.1. The highest BCUT2D eigenvalue weighted by Gasteiger charge is 2.33. The van der Waals surface area contributed by atoms with Crippen molar-refractivity contribution in [2.24, 2.45) is 0 Å². The summed E-state index contributed by atoms with van der Waals surface area (Å²) in [5.41, 5.74) is 2.16. The molecule has 3 aromatic heterocycles. The van der Waals surface area contributed by atoms with Crippen molar-refractivity contribution in [2.75, 3.05) is 11.5 Å². The molecule has 1 saturated heterocycles. The monoisotopic (exact) mass is 374 g/mol. The van der Waals surface area contributed by atoms with Crippen LogP contribution in [0.15, 0.2) is 21.2 Å². The summed E-state index contributed by atoms with van der Waals surface area (Å²) in [6.07, 6.45) is 6.81. The molecular formula is C17H18N4O4S. The Labute approximate surface area is 149 Å². The van der Waals surface area contributed by atoms with Crippen LogP contribution < -0.4 is 0 Å². The van der Waals surface area contributed by atoms with E-state index in [1.54, 1.807) is 6.20 Å². The van der Waals surface area contributed by atoms with E-state index in [-0.39, 0.29) is 17.4 Å². The van der Waals surface area contributed by atoms with Crippen molar-refractivity contribution in [3.05, 3.63) is 23.8 Å². The average Bonchev–Trinajstić information content (AvgIpc) is 3.39. The smallest absolute Gasteiger partial charge is 0.257 e. The van der Waals surface area contributed by atoms with Gasteiger partial charge in [-0.25, -0.2) is 13.4 Å². The van der Waals surface area contributed by atoms with Gasteiger partial charge in [0, 0.05) is 12.1 Å². The zero-order valence-corrected chi connectivity index (χ0v) is 14.9. The second-order valence-corrected chi connectivity index (χ2v) is 9.40. The van der Waals surface area contributed by atoms with Gasteiger partial charge < -0.3 is 8.94 Å². The third-order valence-corrected chi connectivity index (χ3v) is 7.14. The summed E-state index contributed by atoms with van der Waals surface area (Å²) in [6, 6.07) is 1.93. The Bertz CT molecular complexity index is 1070. The molecule has 1 aliphatic carbocycles. The van der Waals surface area contributed by atoms with Crippen molar-refractivity contribution in [2.45, 2.75) is 43.9 Å². The van der Waals surface area contributed by atoms with E-state index in [4.69, 9.17) is 8.94 Å². The summed E-state index contributed by atoms with van der Waals surface area (Å²) in [7, 11) is -3.00. The minimum absolute atomic E-state index is 0.0728. The van der Waals surface area contributed by atoms with Gasteiger partial charge in [-0.2, -0.15) is 0 Å². The van der Waals surface area contributed by atoms with Gasteiger partial charge in [-0.1, -0.05) is 18.0 Å². The van der Waals surface area contributed by atoms with Gasteiger partial charge in [-0.05, 0) is 25.3 Å². The first-order chi connectivity index (χ1) is 12.6. The molecule has 0 bridgehead atoms. The molecule has 2 fully saturated rings. The normalized spacial score (nSPS) is 23.2. The van der Waals surface area contributed by atoms with Crippen molar-refractivity contribution >= 4 is 20.9 Å². The molecule has 1 atom stereocenters. The average molecular weight is 374 g/mol. The molecule has 9 heteroatoms. The van der Waals surface area contributed by atoms with Crippen molar-refractivity contribution in [3.8, 4) is 11.5 Å². The maximum Gasteiger partial charge on any atom is 0.257 e. The summed E-state index contributed by atoms with van der Waals surface area (Å²) in [5.74, 6) is 1.16. The van der Waals surface area contributed by atoms with Crippen LogP contribution in [0.3, 0.4) is 0 Å². The van der Waals surface area contributed by atoms with Gasteiger partial charge in [0.05, 0.1) is 34.1 Å². The molecule has 2 aliphatic rings. The topological polar surface area (TPSA) is 112 Å². The van der Waals surface area contributed by atoms with Crippen molar-refractivity contribution < 1.29 is 17.4 Å². The van der Waals surface area contributed by atoms with Gasteiger partial charge >= 0.3 is 0 Å². The SMILES string of the molecule is O=S1(=O)CC[C@H](c2nnc(-c3cnc4onc(C5CCCC5)c4c3)o2)C1. The highest BCUT2D eigenvalue weighted by molar-refractivity contribution is 7.91. The van der Waals surface area contributed by atoms with E-state index < -0.39 is 9.84 Å². The molecule has 26 heavy (non-hydrogen) atoms. The molecule has 0 aromatic carbocycles. The lowest BCUT2D eigenvalue weighted by Gasteiger charge is -2.04. The van der Waals surface area contributed by atoms with Crippen LogP contribution >= 0.6 is 0 Å². The quantitative estimate of drug-likeness (QED) is 0.688. The first kappa shape index (κ1) is 15.9. The lowest BCUT2D eigenvalue weighted by Crippen LogP contribution is -2.03. The van der Waals surface area contributed by atoms with Crippen LogP contribution in [0.25, 0.3) is 22.6 Å². The number of fused-ring (bicyclic) bond motifs is 1. The predicted molar refractivity (Wildman–Crippen MR) is 92.3 cm³/mol. The van der Waals surface area contributed by atoms with Crippen molar-refractivity contribution in [3.63, 3.8) is 0 Å². The largest absolute Gasteiger partial charge is 0.420 e. The molecule has 5 rings (SSSR count). The van der Waals surface area contributed by atoms with E-state index in [1.165, 1.54) is 12.8 Å². The fourth-order valence-electron chi connectivity index (χ4n) is 3.97.